The monoisotopic (exact) mass is 277 g/mol. The van der Waals surface area contributed by atoms with Crippen LogP contribution in [0.1, 0.15) is 5.56 Å². The van der Waals surface area contributed by atoms with Gasteiger partial charge in [0.15, 0.2) is 0 Å². The van der Waals surface area contributed by atoms with Gasteiger partial charge in [-0.05, 0) is 40.0 Å². The largest absolute Gasteiger partial charge is 0.507 e. The second-order valence-corrected chi connectivity index (χ2v) is 3.85. The second kappa shape index (κ2) is 4.59. The molecule has 1 rings (SSSR count). The fourth-order valence-corrected chi connectivity index (χ4v) is 1.32. The van der Waals surface area contributed by atoms with Crippen molar-refractivity contribution in [2.45, 2.75) is 12.5 Å². The third-order valence-corrected chi connectivity index (χ3v) is 2.63. The third kappa shape index (κ3) is 2.90. The van der Waals surface area contributed by atoms with Gasteiger partial charge in [0.25, 0.3) is 0 Å². The molecular formula is C9H9BrFNO3. The van der Waals surface area contributed by atoms with Crippen LogP contribution >= 0.6 is 15.9 Å². The first kappa shape index (κ1) is 11.9. The van der Waals surface area contributed by atoms with E-state index >= 15 is 0 Å². The van der Waals surface area contributed by atoms with Crippen molar-refractivity contribution in [1.29, 1.82) is 0 Å². The number of carboxylic acids is 1. The van der Waals surface area contributed by atoms with E-state index in [1.54, 1.807) is 0 Å². The zero-order valence-corrected chi connectivity index (χ0v) is 9.16. The van der Waals surface area contributed by atoms with E-state index in [2.05, 4.69) is 15.9 Å². The predicted octanol–water partition coefficient (Wildman–Crippen LogP) is 1.25. The lowest BCUT2D eigenvalue weighted by Gasteiger charge is -2.08. The number of hydrogen-bond donors (Lipinski definition) is 3. The van der Waals surface area contributed by atoms with Gasteiger partial charge in [0, 0.05) is 0 Å². The molecule has 0 fully saturated rings. The summed E-state index contributed by atoms with van der Waals surface area (Å²) in [5.74, 6) is -2.09. The van der Waals surface area contributed by atoms with Gasteiger partial charge >= 0.3 is 5.97 Å². The third-order valence-electron chi connectivity index (χ3n) is 1.84. The van der Waals surface area contributed by atoms with E-state index in [4.69, 9.17) is 10.8 Å². The van der Waals surface area contributed by atoms with Crippen molar-refractivity contribution in [1.82, 2.24) is 0 Å². The van der Waals surface area contributed by atoms with Gasteiger partial charge in [0.05, 0.1) is 4.47 Å². The summed E-state index contributed by atoms with van der Waals surface area (Å²) in [6, 6.07) is 1.30. The van der Waals surface area contributed by atoms with Gasteiger partial charge in [-0.15, -0.1) is 0 Å². The van der Waals surface area contributed by atoms with E-state index in [1.165, 1.54) is 6.07 Å². The Morgan fingerprint density at radius 2 is 2.20 bits per heavy atom. The van der Waals surface area contributed by atoms with Crippen LogP contribution in [-0.4, -0.2) is 22.2 Å². The molecule has 0 saturated heterocycles. The van der Waals surface area contributed by atoms with E-state index in [-0.39, 0.29) is 16.6 Å². The Balaban J connectivity index is 2.92. The first-order valence-corrected chi connectivity index (χ1v) is 4.86. The quantitative estimate of drug-likeness (QED) is 0.777. The molecule has 82 valence electrons. The average Bonchev–Trinajstić information content (AvgIpc) is 2.13. The Morgan fingerprint density at radius 3 is 2.67 bits per heavy atom. The van der Waals surface area contributed by atoms with Gasteiger partial charge in [0.2, 0.25) is 0 Å². The van der Waals surface area contributed by atoms with Crippen LogP contribution in [0, 0.1) is 5.82 Å². The fourth-order valence-electron chi connectivity index (χ4n) is 1.09. The minimum atomic E-state index is -1.17. The zero-order valence-electron chi connectivity index (χ0n) is 7.58. The zero-order chi connectivity index (χ0) is 11.6. The highest BCUT2D eigenvalue weighted by Gasteiger charge is 2.14. The van der Waals surface area contributed by atoms with Crippen LogP contribution in [0.15, 0.2) is 16.6 Å². The van der Waals surface area contributed by atoms with E-state index in [1.807, 2.05) is 0 Å². The van der Waals surface area contributed by atoms with Crippen molar-refractivity contribution in [2.24, 2.45) is 5.73 Å². The topological polar surface area (TPSA) is 83.5 Å². The highest BCUT2D eigenvalue weighted by Crippen LogP contribution is 2.28. The molecular weight excluding hydrogens is 269 g/mol. The van der Waals surface area contributed by atoms with Crippen LogP contribution in [-0.2, 0) is 11.2 Å². The van der Waals surface area contributed by atoms with E-state index < -0.39 is 17.8 Å². The highest BCUT2D eigenvalue weighted by molar-refractivity contribution is 9.10. The molecule has 4 nitrogen and oxygen atoms in total. The number of phenolic OH excluding ortho intramolecular Hbond substituents is 1. The molecule has 6 heteroatoms. The van der Waals surface area contributed by atoms with Crippen molar-refractivity contribution in [3.8, 4) is 5.75 Å². The number of benzene rings is 1. The lowest BCUT2D eigenvalue weighted by Crippen LogP contribution is -2.32. The van der Waals surface area contributed by atoms with Crippen molar-refractivity contribution in [3.63, 3.8) is 0 Å². The number of rotatable bonds is 3. The maximum atomic E-state index is 13.1. The van der Waals surface area contributed by atoms with Crippen LogP contribution in [0.25, 0.3) is 0 Å². The Labute approximate surface area is 93.6 Å². The van der Waals surface area contributed by atoms with Gasteiger partial charge in [-0.25, -0.2) is 4.39 Å². The lowest BCUT2D eigenvalue weighted by atomic mass is 10.1. The Hall–Kier alpha value is -1.14. The Kier molecular flexibility index (Phi) is 3.65. The van der Waals surface area contributed by atoms with Crippen LogP contribution in [0.3, 0.4) is 0 Å². The Morgan fingerprint density at radius 1 is 1.60 bits per heavy atom. The van der Waals surface area contributed by atoms with E-state index in [0.29, 0.717) is 5.56 Å². The molecule has 0 bridgehead atoms. The number of carboxylic acid groups (broad SMARTS) is 1. The number of halogens is 2. The molecule has 0 amide bonds. The van der Waals surface area contributed by atoms with Crippen LogP contribution in [0.4, 0.5) is 4.39 Å². The summed E-state index contributed by atoms with van der Waals surface area (Å²) in [4.78, 5) is 10.4. The van der Waals surface area contributed by atoms with Crippen molar-refractivity contribution < 1.29 is 19.4 Å². The van der Waals surface area contributed by atoms with Gasteiger partial charge in [0.1, 0.15) is 17.6 Å². The molecule has 0 aromatic heterocycles. The molecule has 0 aliphatic heterocycles. The molecule has 0 aliphatic carbocycles. The maximum Gasteiger partial charge on any atom is 0.320 e. The van der Waals surface area contributed by atoms with E-state index in [0.717, 1.165) is 6.07 Å². The maximum absolute atomic E-state index is 13.1. The summed E-state index contributed by atoms with van der Waals surface area (Å²) >= 11 is 2.84. The molecule has 4 N–H and O–H groups in total. The number of hydrogen-bond acceptors (Lipinski definition) is 3. The minimum absolute atomic E-state index is 0.0346. The standard InChI is InChI=1S/C9H9BrFNO3/c10-8-5(11)1-4(3-7(8)13)2-6(12)9(14)15/h1,3,6,13H,2,12H2,(H,14,15). The molecule has 1 unspecified atom stereocenters. The number of phenols is 1. The summed E-state index contributed by atoms with van der Waals surface area (Å²) < 4.78 is 13.1. The van der Waals surface area contributed by atoms with E-state index in [9.17, 15) is 14.3 Å². The summed E-state index contributed by atoms with van der Waals surface area (Å²) in [5, 5.41) is 17.8. The number of aromatic hydroxyl groups is 1. The molecule has 0 spiro atoms. The molecule has 0 saturated carbocycles. The number of aliphatic carboxylic acids is 1. The fraction of sp³-hybridized carbons (Fsp3) is 0.222. The van der Waals surface area contributed by atoms with Gasteiger partial charge in [-0.3, -0.25) is 4.79 Å². The Bertz CT molecular complexity index is 374. The minimum Gasteiger partial charge on any atom is -0.507 e. The van der Waals surface area contributed by atoms with Gasteiger partial charge in [-0.2, -0.15) is 0 Å². The lowest BCUT2D eigenvalue weighted by molar-refractivity contribution is -0.138. The molecule has 1 atom stereocenters. The SMILES string of the molecule is NC(Cc1cc(O)c(Br)c(F)c1)C(=O)O. The predicted molar refractivity (Wildman–Crippen MR) is 55.1 cm³/mol. The first-order chi connectivity index (χ1) is 6.91. The molecule has 0 radical (unpaired) electrons. The smallest absolute Gasteiger partial charge is 0.320 e. The highest BCUT2D eigenvalue weighted by atomic mass is 79.9. The van der Waals surface area contributed by atoms with Gasteiger partial charge in [-0.1, -0.05) is 0 Å². The summed E-state index contributed by atoms with van der Waals surface area (Å²) in [6.07, 6.45) is -0.0346. The van der Waals surface area contributed by atoms with Crippen LogP contribution in [0.2, 0.25) is 0 Å². The summed E-state index contributed by atoms with van der Waals surface area (Å²) in [6.45, 7) is 0. The molecule has 0 aliphatic rings. The van der Waals surface area contributed by atoms with Gasteiger partial charge < -0.3 is 15.9 Å². The second-order valence-electron chi connectivity index (χ2n) is 3.06. The number of nitrogens with two attached hydrogens (primary N) is 1. The average molecular weight is 278 g/mol. The molecule has 0 heterocycles. The molecule has 15 heavy (non-hydrogen) atoms. The van der Waals surface area contributed by atoms with Crippen molar-refractivity contribution in [3.05, 3.63) is 28.0 Å². The summed E-state index contributed by atoms with van der Waals surface area (Å²) in [5.41, 5.74) is 5.61. The normalized spacial score (nSPS) is 12.5. The summed E-state index contributed by atoms with van der Waals surface area (Å²) in [7, 11) is 0. The van der Waals surface area contributed by atoms with Crippen molar-refractivity contribution in [2.75, 3.05) is 0 Å². The molecule has 1 aromatic carbocycles. The number of carbonyl (C=O) groups is 1. The van der Waals surface area contributed by atoms with Crippen LogP contribution in [0.5, 0.6) is 5.75 Å². The van der Waals surface area contributed by atoms with Crippen LogP contribution < -0.4 is 5.73 Å². The molecule has 1 aromatic rings. The van der Waals surface area contributed by atoms with Crippen molar-refractivity contribution >= 4 is 21.9 Å². The first-order valence-electron chi connectivity index (χ1n) is 4.07.